The Hall–Kier alpha value is 1.46. The predicted molar refractivity (Wildman–Crippen MR) is 23.8 cm³/mol. The van der Waals surface area contributed by atoms with Crippen molar-refractivity contribution in [2.75, 3.05) is 0 Å². The Morgan fingerprint density at radius 2 is 1.75 bits per heavy atom. The second-order valence-electron chi connectivity index (χ2n) is 0.236. The van der Waals surface area contributed by atoms with E-state index in [0.717, 1.165) is 5.15 Å². The summed E-state index contributed by atoms with van der Waals surface area (Å²) in [4.78, 5) is 8.87. The number of rotatable bonds is 0. The molecule has 3 heteroatoms. The zero-order chi connectivity index (χ0) is 2.71. The maximum atomic E-state index is 8.87. The van der Waals surface area contributed by atoms with Gasteiger partial charge in [0.05, 0.1) is 0 Å². The van der Waals surface area contributed by atoms with Crippen LogP contribution in [0.4, 0.5) is 0 Å². The Labute approximate surface area is 63.2 Å². The molecule has 0 N–H and O–H groups in total. The normalized spacial score (nSPS) is 3.00. The molecule has 0 bridgehead atoms. The van der Waals surface area contributed by atoms with Crippen LogP contribution >= 0.6 is 0 Å². The molecule has 0 aromatic carbocycles. The van der Waals surface area contributed by atoms with E-state index in [4.69, 9.17) is 4.79 Å². The van der Waals surface area contributed by atoms with Crippen LogP contribution in [0.3, 0.4) is 0 Å². The van der Waals surface area contributed by atoms with Gasteiger partial charge in [0.1, 0.15) is 0 Å². The number of hydrogen-bond acceptors (Lipinski definition) is 1. The van der Waals surface area contributed by atoms with Crippen molar-refractivity contribution in [1.82, 2.24) is 0 Å². The molecule has 0 amide bonds. The first-order valence-electron chi connectivity index (χ1n) is 0.813. The van der Waals surface area contributed by atoms with E-state index in [1.807, 2.05) is 0 Å². The first-order valence-corrected chi connectivity index (χ1v) is 1.97. The molecule has 1 nitrogen and oxygen atoms in total. The van der Waals surface area contributed by atoms with Crippen LogP contribution in [0.1, 0.15) is 0 Å². The topological polar surface area (TPSA) is 17.1 Å². The van der Waals surface area contributed by atoms with Gasteiger partial charge in [-0.25, -0.2) is 0 Å². The summed E-state index contributed by atoms with van der Waals surface area (Å²) in [5.41, 5.74) is 0. The average molecular weight is 100 g/mol. The van der Waals surface area contributed by atoms with Gasteiger partial charge >= 0.3 is 54.0 Å². The van der Waals surface area contributed by atoms with Crippen molar-refractivity contribution in [2.24, 2.45) is 0 Å². The third-order valence-electron chi connectivity index (χ3n) is 0. The fraction of sp³-hybridized carbons (Fsp3) is 0. The van der Waals surface area contributed by atoms with Crippen LogP contribution in [0.2, 0.25) is 0 Å². The van der Waals surface area contributed by atoms with Gasteiger partial charge in [-0.2, -0.15) is 0 Å². The van der Waals surface area contributed by atoms with Gasteiger partial charge in [0.15, 0.2) is 0 Å². The minimum absolute atomic E-state index is 0. The SMILES string of the molecule is O=[CH][AlH2].[CaH2]. The predicted octanol–water partition coefficient (Wildman–Crippen LogP) is -2.11. The summed E-state index contributed by atoms with van der Waals surface area (Å²) in [5, 5.41) is 0.889. The van der Waals surface area contributed by atoms with E-state index in [-0.39, 0.29) is 37.7 Å². The maximum absolute atomic E-state index is 8.87. The molecule has 0 radical (unpaired) electrons. The summed E-state index contributed by atoms with van der Waals surface area (Å²) in [5.74, 6) is 0. The first-order chi connectivity index (χ1) is 1.41. The Bertz CT molecular complexity index is 15.5. The second-order valence-corrected chi connectivity index (χ2v) is 0.707. The molecule has 4 heavy (non-hydrogen) atoms. The van der Waals surface area contributed by atoms with Crippen LogP contribution in [0.25, 0.3) is 0 Å². The number of hydrogen-bond donors (Lipinski definition) is 0. The van der Waals surface area contributed by atoms with Crippen LogP contribution in [0.5, 0.6) is 0 Å². The van der Waals surface area contributed by atoms with Crippen molar-refractivity contribution in [3.05, 3.63) is 0 Å². The molecular formula is CH5AlCaO. The molecule has 0 aromatic heterocycles. The third-order valence-corrected chi connectivity index (χ3v) is 0. The van der Waals surface area contributed by atoms with Gasteiger partial charge in [0.2, 0.25) is 0 Å². The van der Waals surface area contributed by atoms with Gasteiger partial charge in [-0.05, 0) is 0 Å². The fourth-order valence-electron chi connectivity index (χ4n) is 0. The zero-order valence-corrected chi connectivity index (χ0v) is 3.99. The van der Waals surface area contributed by atoms with Gasteiger partial charge in [-0.3, -0.25) is 0 Å². The van der Waals surface area contributed by atoms with Crippen molar-refractivity contribution >= 4 is 59.2 Å². The van der Waals surface area contributed by atoms with E-state index in [1.165, 1.54) is 0 Å². The minimum atomic E-state index is 0. The number of carbonyl (C=O) groups is 1. The van der Waals surface area contributed by atoms with E-state index in [0.29, 0.717) is 16.3 Å². The van der Waals surface area contributed by atoms with E-state index in [1.54, 1.807) is 0 Å². The molecule has 0 spiro atoms. The zero-order valence-electron chi connectivity index (χ0n) is 1.99. The van der Waals surface area contributed by atoms with Crippen LogP contribution < -0.4 is 0 Å². The first kappa shape index (κ1) is 9.07. The summed E-state index contributed by atoms with van der Waals surface area (Å²) in [6, 6.07) is 0. The molecule has 0 aliphatic rings. The van der Waals surface area contributed by atoms with Gasteiger partial charge in [0, 0.05) is 5.15 Å². The van der Waals surface area contributed by atoms with Crippen LogP contribution in [-0.2, 0) is 4.79 Å². The molecule has 0 saturated carbocycles. The van der Waals surface area contributed by atoms with Gasteiger partial charge in [-0.15, -0.1) is 0 Å². The fourth-order valence-corrected chi connectivity index (χ4v) is 0. The summed E-state index contributed by atoms with van der Waals surface area (Å²) in [7, 11) is 0. The summed E-state index contributed by atoms with van der Waals surface area (Å²) < 4.78 is 0. The molecule has 0 aromatic rings. The molecule has 0 aliphatic heterocycles. The molecular weight excluding hydrogens is 95.1 g/mol. The summed E-state index contributed by atoms with van der Waals surface area (Å²) in [6.07, 6.45) is 0. The molecule has 0 atom stereocenters. The summed E-state index contributed by atoms with van der Waals surface area (Å²) in [6.45, 7) is 0. The molecule has 0 fully saturated rings. The van der Waals surface area contributed by atoms with E-state index in [2.05, 4.69) is 0 Å². The van der Waals surface area contributed by atoms with Crippen LogP contribution in [-0.4, -0.2) is 59.2 Å². The Morgan fingerprint density at radius 1 is 1.75 bits per heavy atom. The third kappa shape index (κ3) is 9.82. The standard InChI is InChI=1S/CHO.Al.Ca.4H/c1-2;;;;;;/h1H;;;;;;. The summed E-state index contributed by atoms with van der Waals surface area (Å²) >= 11 is 0.688. The van der Waals surface area contributed by atoms with E-state index < -0.39 is 0 Å². The molecule has 0 unspecified atom stereocenters. The van der Waals surface area contributed by atoms with Crippen molar-refractivity contribution < 1.29 is 4.79 Å². The quantitative estimate of drug-likeness (QED) is 0.251. The Morgan fingerprint density at radius 3 is 1.75 bits per heavy atom. The molecule has 0 rings (SSSR count). The van der Waals surface area contributed by atoms with Gasteiger partial charge in [0.25, 0.3) is 0 Å². The Kier molecular flexibility index (Phi) is 20.0. The van der Waals surface area contributed by atoms with Gasteiger partial charge in [-0.1, -0.05) is 0 Å². The van der Waals surface area contributed by atoms with Crippen LogP contribution in [0.15, 0.2) is 0 Å². The number of carbonyl (C=O) groups excluding carboxylic acids is 1. The van der Waals surface area contributed by atoms with Crippen molar-refractivity contribution in [1.29, 1.82) is 0 Å². The Balaban J connectivity index is 0. The molecule has 0 saturated heterocycles. The monoisotopic (exact) mass is 100.0 g/mol. The molecule has 0 heterocycles. The van der Waals surface area contributed by atoms with Crippen molar-refractivity contribution in [2.45, 2.75) is 0 Å². The van der Waals surface area contributed by atoms with Crippen LogP contribution in [0, 0.1) is 0 Å². The van der Waals surface area contributed by atoms with Gasteiger partial charge < -0.3 is 4.79 Å². The molecule has 0 aliphatic carbocycles. The van der Waals surface area contributed by atoms with E-state index >= 15 is 0 Å². The van der Waals surface area contributed by atoms with Crippen molar-refractivity contribution in [3.8, 4) is 0 Å². The average Bonchev–Trinajstić information content (AvgIpc) is 0.918. The van der Waals surface area contributed by atoms with Crippen molar-refractivity contribution in [3.63, 3.8) is 0 Å². The molecule has 20 valence electrons. The van der Waals surface area contributed by atoms with E-state index in [9.17, 15) is 0 Å². The second kappa shape index (κ2) is 8.82.